The molecule has 4 rings (SSSR count). The number of aromatic nitrogens is 1. The second-order valence-corrected chi connectivity index (χ2v) is 8.32. The molecule has 1 aromatic rings. The Morgan fingerprint density at radius 2 is 1.91 bits per heavy atom. The second kappa shape index (κ2) is 8.84. The summed E-state index contributed by atoms with van der Waals surface area (Å²) < 4.78 is 38.5. The van der Waals surface area contributed by atoms with Crippen LogP contribution in [0.4, 0.5) is 13.2 Å². The van der Waals surface area contributed by atoms with E-state index in [1.54, 1.807) is 4.90 Å². The summed E-state index contributed by atoms with van der Waals surface area (Å²) >= 11 is 0. The maximum atomic E-state index is 12.8. The number of allylic oxidation sites excluding steroid dienone is 2. The zero-order chi connectivity index (χ0) is 24.6. The minimum atomic E-state index is -4.56. The molecule has 0 saturated heterocycles. The van der Waals surface area contributed by atoms with E-state index in [0.717, 1.165) is 18.9 Å². The Bertz CT molecular complexity index is 1140. The molecule has 1 aromatic heterocycles. The predicted molar refractivity (Wildman–Crippen MR) is 115 cm³/mol. The number of hydrogen-bond acceptors (Lipinski definition) is 7. The summed E-state index contributed by atoms with van der Waals surface area (Å²) in [5.74, 6) is -1.23. The normalized spacial score (nSPS) is 19.6. The van der Waals surface area contributed by atoms with E-state index in [0.29, 0.717) is 31.2 Å². The Hall–Kier alpha value is -3.83. The van der Waals surface area contributed by atoms with Crippen molar-refractivity contribution in [2.24, 2.45) is 11.5 Å². The summed E-state index contributed by atoms with van der Waals surface area (Å²) in [5.41, 5.74) is 11.4. The van der Waals surface area contributed by atoms with E-state index in [1.165, 1.54) is 23.2 Å². The Labute approximate surface area is 192 Å². The molecule has 1 aliphatic carbocycles. The Morgan fingerprint density at radius 1 is 1.18 bits per heavy atom. The third-order valence-electron chi connectivity index (χ3n) is 5.73. The smallest absolute Gasteiger partial charge is 0.398 e. The zero-order valence-electron chi connectivity index (χ0n) is 18.1. The average Bonchev–Trinajstić information content (AvgIpc) is 3.58. The van der Waals surface area contributed by atoms with Gasteiger partial charge >= 0.3 is 6.18 Å². The van der Waals surface area contributed by atoms with Crippen molar-refractivity contribution in [3.05, 3.63) is 58.8 Å². The minimum Gasteiger partial charge on any atom is -0.398 e. The number of amides is 3. The first-order valence-electron chi connectivity index (χ1n) is 10.7. The Balaban J connectivity index is 1.40. The third-order valence-corrected chi connectivity index (χ3v) is 5.73. The number of nitrogens with two attached hydrogens (primary N) is 2. The third kappa shape index (κ3) is 4.75. The lowest BCUT2D eigenvalue weighted by molar-refractivity contribution is -0.139. The first-order chi connectivity index (χ1) is 16.1. The molecule has 180 valence electrons. The highest BCUT2D eigenvalue weighted by molar-refractivity contribution is 6.19. The van der Waals surface area contributed by atoms with Gasteiger partial charge in [0.15, 0.2) is 0 Å². The highest BCUT2D eigenvalue weighted by Crippen LogP contribution is 2.38. The van der Waals surface area contributed by atoms with Crippen LogP contribution in [0.3, 0.4) is 0 Å². The Morgan fingerprint density at radius 3 is 2.59 bits per heavy atom. The molecule has 3 aliphatic rings. The van der Waals surface area contributed by atoms with Gasteiger partial charge in [-0.15, -0.1) is 0 Å². The van der Waals surface area contributed by atoms with Gasteiger partial charge in [-0.1, -0.05) is 0 Å². The van der Waals surface area contributed by atoms with Gasteiger partial charge in [-0.25, -0.2) is 0 Å². The zero-order valence-corrected chi connectivity index (χ0v) is 18.1. The van der Waals surface area contributed by atoms with Crippen LogP contribution in [0.1, 0.15) is 36.8 Å². The molecule has 5 N–H and O–H groups in total. The first kappa shape index (κ1) is 23.3. The standard InChI is InChI=1S/C22H23F3N6O3/c23-22(24,25)13-8-12(9-28-10-13)16(26)5-6-17(27)29-18(32)11-30-7-1-2-15-19(30)21(34)31(20(15)33)14-3-4-14/h5-6,8-10,14H,1-4,7,11,26-27H2,(H,29,32)/b16-5-,17-6+. The summed E-state index contributed by atoms with van der Waals surface area (Å²) in [7, 11) is 0. The van der Waals surface area contributed by atoms with Crippen molar-refractivity contribution in [1.82, 2.24) is 20.1 Å². The fraction of sp³-hybridized carbons (Fsp3) is 0.364. The molecule has 0 aromatic carbocycles. The summed E-state index contributed by atoms with van der Waals surface area (Å²) in [6.07, 6.45) is 2.54. The molecule has 0 atom stereocenters. The number of halogens is 3. The van der Waals surface area contributed by atoms with Crippen LogP contribution in [-0.4, -0.2) is 51.6 Å². The quantitative estimate of drug-likeness (QED) is 0.415. The van der Waals surface area contributed by atoms with E-state index >= 15 is 0 Å². The summed E-state index contributed by atoms with van der Waals surface area (Å²) in [4.78, 5) is 44.3. The number of rotatable bonds is 6. The van der Waals surface area contributed by atoms with Gasteiger partial charge < -0.3 is 21.7 Å². The molecule has 0 unspecified atom stereocenters. The highest BCUT2D eigenvalue weighted by atomic mass is 19.4. The molecule has 2 aliphatic heterocycles. The number of carbonyl (C=O) groups is 3. The van der Waals surface area contributed by atoms with Crippen molar-refractivity contribution in [1.29, 1.82) is 0 Å². The average molecular weight is 476 g/mol. The fourth-order valence-electron chi connectivity index (χ4n) is 3.96. The largest absolute Gasteiger partial charge is 0.417 e. The molecule has 0 spiro atoms. The lowest BCUT2D eigenvalue weighted by Gasteiger charge is -2.28. The molecule has 9 nitrogen and oxygen atoms in total. The van der Waals surface area contributed by atoms with Gasteiger partial charge in [-0.05, 0) is 43.9 Å². The molecule has 34 heavy (non-hydrogen) atoms. The summed E-state index contributed by atoms with van der Waals surface area (Å²) in [6.45, 7) is 0.268. The molecular weight excluding hydrogens is 453 g/mol. The lowest BCUT2D eigenvalue weighted by atomic mass is 10.0. The first-order valence-corrected chi connectivity index (χ1v) is 10.7. The van der Waals surface area contributed by atoms with Gasteiger partial charge in [-0.3, -0.25) is 24.3 Å². The fourth-order valence-corrected chi connectivity index (χ4v) is 3.96. The molecule has 3 heterocycles. The van der Waals surface area contributed by atoms with E-state index in [9.17, 15) is 27.6 Å². The van der Waals surface area contributed by atoms with Crippen LogP contribution < -0.4 is 16.8 Å². The van der Waals surface area contributed by atoms with E-state index in [4.69, 9.17) is 11.5 Å². The number of hydrogen-bond donors (Lipinski definition) is 3. The molecule has 12 heteroatoms. The highest BCUT2D eigenvalue weighted by Gasteiger charge is 2.48. The number of nitrogens with one attached hydrogen (secondary N) is 1. The van der Waals surface area contributed by atoms with Crippen LogP contribution in [-0.2, 0) is 20.6 Å². The van der Waals surface area contributed by atoms with Crippen LogP contribution in [0.5, 0.6) is 0 Å². The van der Waals surface area contributed by atoms with Crippen molar-refractivity contribution in [3.8, 4) is 0 Å². The molecule has 1 fully saturated rings. The number of alkyl halides is 3. The van der Waals surface area contributed by atoms with E-state index in [2.05, 4.69) is 10.3 Å². The van der Waals surface area contributed by atoms with E-state index in [1.807, 2.05) is 0 Å². The number of nitrogens with zero attached hydrogens (tertiary/aromatic N) is 3. The van der Waals surface area contributed by atoms with Gasteiger partial charge in [-0.2, -0.15) is 13.2 Å². The van der Waals surface area contributed by atoms with Crippen molar-refractivity contribution in [2.75, 3.05) is 13.1 Å². The van der Waals surface area contributed by atoms with Crippen molar-refractivity contribution < 1.29 is 27.6 Å². The van der Waals surface area contributed by atoms with Gasteiger partial charge in [0.05, 0.1) is 12.1 Å². The number of imide groups is 1. The SMILES string of the molecule is N/C(=C\C=C(/N)NC(=O)CN1CCCC2=C1C(=O)N(C1CC1)C2=O)c1cncc(C(F)(F)F)c1. The molecule has 0 radical (unpaired) electrons. The summed E-state index contributed by atoms with van der Waals surface area (Å²) in [5, 5.41) is 2.45. The molecule has 0 bridgehead atoms. The monoisotopic (exact) mass is 476 g/mol. The minimum absolute atomic E-state index is 0.0307. The van der Waals surface area contributed by atoms with Gasteiger partial charge in [0.2, 0.25) is 5.91 Å². The van der Waals surface area contributed by atoms with Gasteiger partial charge in [0.25, 0.3) is 11.8 Å². The molecule has 1 saturated carbocycles. The van der Waals surface area contributed by atoms with Crippen LogP contribution in [0.25, 0.3) is 5.70 Å². The second-order valence-electron chi connectivity index (χ2n) is 8.32. The number of pyridine rings is 1. The van der Waals surface area contributed by atoms with Gasteiger partial charge in [0.1, 0.15) is 11.5 Å². The van der Waals surface area contributed by atoms with Crippen LogP contribution >= 0.6 is 0 Å². The maximum absolute atomic E-state index is 12.8. The maximum Gasteiger partial charge on any atom is 0.417 e. The van der Waals surface area contributed by atoms with Crippen LogP contribution in [0, 0.1) is 0 Å². The van der Waals surface area contributed by atoms with E-state index in [-0.39, 0.29) is 47.2 Å². The molecule has 3 amide bonds. The van der Waals surface area contributed by atoms with Crippen molar-refractivity contribution in [3.63, 3.8) is 0 Å². The predicted octanol–water partition coefficient (Wildman–Crippen LogP) is 1.20. The van der Waals surface area contributed by atoms with E-state index < -0.39 is 17.6 Å². The van der Waals surface area contributed by atoms with Gasteiger partial charge in [0, 0.05) is 41.8 Å². The lowest BCUT2D eigenvalue weighted by Crippen LogP contribution is -2.42. The topological polar surface area (TPSA) is 135 Å². The van der Waals surface area contributed by atoms with Crippen molar-refractivity contribution >= 4 is 23.4 Å². The molecular formula is C22H23F3N6O3. The van der Waals surface area contributed by atoms with Crippen LogP contribution in [0.2, 0.25) is 0 Å². The Kier molecular flexibility index (Phi) is 6.07. The summed E-state index contributed by atoms with van der Waals surface area (Å²) in [6, 6.07) is 0.803. The van der Waals surface area contributed by atoms with Crippen molar-refractivity contribution in [2.45, 2.75) is 37.9 Å². The number of carbonyl (C=O) groups excluding carboxylic acids is 3. The van der Waals surface area contributed by atoms with Crippen LogP contribution in [0.15, 0.2) is 47.7 Å².